The summed E-state index contributed by atoms with van der Waals surface area (Å²) < 4.78 is 12.7. The smallest absolute Gasteiger partial charge is 0.264 e. The molecule has 26 heavy (non-hydrogen) atoms. The first-order valence-electron chi connectivity index (χ1n) is 8.76. The molecule has 2 heterocycles. The van der Waals surface area contributed by atoms with Crippen LogP contribution in [0.4, 0.5) is 0 Å². The Morgan fingerprint density at radius 2 is 2.00 bits per heavy atom. The molecule has 0 saturated heterocycles. The van der Waals surface area contributed by atoms with Crippen LogP contribution in [0.15, 0.2) is 35.3 Å². The van der Waals surface area contributed by atoms with Crippen LogP contribution in [0.5, 0.6) is 11.6 Å². The minimum atomic E-state index is -0.147. The SMILES string of the molecule is COc1nccc2c1c(=O)n(C)c1cc(OC[C@@H](N)CC(C)C)ccc21. The molecule has 0 aliphatic rings. The molecule has 0 unspecified atom stereocenters. The number of aryl methyl sites for hydroxylation is 1. The second kappa shape index (κ2) is 7.33. The number of rotatable bonds is 6. The largest absolute Gasteiger partial charge is 0.492 e. The zero-order chi connectivity index (χ0) is 18.8. The molecule has 1 atom stereocenters. The highest BCUT2D eigenvalue weighted by Gasteiger charge is 2.14. The van der Waals surface area contributed by atoms with E-state index < -0.39 is 0 Å². The van der Waals surface area contributed by atoms with Gasteiger partial charge in [0, 0.05) is 36.1 Å². The van der Waals surface area contributed by atoms with Crippen LogP contribution in [0.1, 0.15) is 20.3 Å². The van der Waals surface area contributed by atoms with E-state index in [4.69, 9.17) is 15.2 Å². The van der Waals surface area contributed by atoms with E-state index in [-0.39, 0.29) is 11.6 Å². The van der Waals surface area contributed by atoms with Crippen molar-refractivity contribution in [2.75, 3.05) is 13.7 Å². The first kappa shape index (κ1) is 18.2. The highest BCUT2D eigenvalue weighted by Crippen LogP contribution is 2.29. The van der Waals surface area contributed by atoms with Crippen molar-refractivity contribution < 1.29 is 9.47 Å². The Balaban J connectivity index is 2.04. The van der Waals surface area contributed by atoms with Gasteiger partial charge in [-0.15, -0.1) is 0 Å². The van der Waals surface area contributed by atoms with Crippen molar-refractivity contribution in [2.24, 2.45) is 18.7 Å². The maximum atomic E-state index is 12.8. The van der Waals surface area contributed by atoms with Crippen LogP contribution in [0, 0.1) is 5.92 Å². The average molecular weight is 355 g/mol. The maximum absolute atomic E-state index is 12.8. The molecule has 0 amide bonds. The average Bonchev–Trinajstić information content (AvgIpc) is 2.63. The summed E-state index contributed by atoms with van der Waals surface area (Å²) in [5, 5.41) is 2.25. The summed E-state index contributed by atoms with van der Waals surface area (Å²) in [6, 6.07) is 7.56. The quantitative estimate of drug-likeness (QED) is 0.688. The van der Waals surface area contributed by atoms with Gasteiger partial charge in [-0.1, -0.05) is 13.8 Å². The van der Waals surface area contributed by atoms with Crippen molar-refractivity contribution in [3.63, 3.8) is 0 Å². The van der Waals surface area contributed by atoms with Crippen molar-refractivity contribution in [3.05, 3.63) is 40.8 Å². The molecule has 3 rings (SSSR count). The second-order valence-corrected chi connectivity index (χ2v) is 6.99. The lowest BCUT2D eigenvalue weighted by atomic mass is 10.1. The van der Waals surface area contributed by atoms with Gasteiger partial charge >= 0.3 is 0 Å². The number of hydrogen-bond acceptors (Lipinski definition) is 5. The zero-order valence-corrected chi connectivity index (χ0v) is 15.7. The molecule has 0 saturated carbocycles. The predicted octanol–water partition coefficient (Wildman–Crippen LogP) is 2.85. The number of nitrogens with zero attached hydrogens (tertiary/aromatic N) is 2. The zero-order valence-electron chi connectivity index (χ0n) is 15.7. The van der Waals surface area contributed by atoms with Gasteiger partial charge in [0.25, 0.3) is 5.56 Å². The van der Waals surface area contributed by atoms with Gasteiger partial charge in [0.2, 0.25) is 5.88 Å². The van der Waals surface area contributed by atoms with Gasteiger partial charge in [0.05, 0.1) is 12.6 Å². The summed E-state index contributed by atoms with van der Waals surface area (Å²) in [5.41, 5.74) is 6.74. The molecule has 0 spiro atoms. The Morgan fingerprint density at radius 1 is 1.23 bits per heavy atom. The van der Waals surface area contributed by atoms with E-state index in [0.717, 1.165) is 22.7 Å². The fraction of sp³-hybridized carbons (Fsp3) is 0.400. The topological polar surface area (TPSA) is 79.4 Å². The van der Waals surface area contributed by atoms with E-state index in [2.05, 4.69) is 18.8 Å². The lowest BCUT2D eigenvalue weighted by Gasteiger charge is -2.16. The van der Waals surface area contributed by atoms with Crippen LogP contribution in [-0.2, 0) is 7.05 Å². The van der Waals surface area contributed by atoms with Crippen LogP contribution < -0.4 is 20.8 Å². The summed E-state index contributed by atoms with van der Waals surface area (Å²) in [4.78, 5) is 17.0. The molecule has 138 valence electrons. The minimum Gasteiger partial charge on any atom is -0.492 e. The molecule has 0 aliphatic carbocycles. The Morgan fingerprint density at radius 3 is 2.69 bits per heavy atom. The van der Waals surface area contributed by atoms with Crippen LogP contribution >= 0.6 is 0 Å². The normalized spacial score (nSPS) is 12.7. The monoisotopic (exact) mass is 355 g/mol. The first-order valence-corrected chi connectivity index (χ1v) is 8.76. The van der Waals surface area contributed by atoms with E-state index in [9.17, 15) is 4.79 Å². The molecule has 2 aromatic heterocycles. The number of methoxy groups -OCH3 is 1. The number of hydrogen-bond donors (Lipinski definition) is 1. The van der Waals surface area contributed by atoms with Gasteiger partial charge < -0.3 is 19.8 Å². The van der Waals surface area contributed by atoms with Gasteiger partial charge in [-0.05, 0) is 30.5 Å². The van der Waals surface area contributed by atoms with Gasteiger partial charge in [-0.25, -0.2) is 4.98 Å². The Kier molecular flexibility index (Phi) is 5.13. The van der Waals surface area contributed by atoms with E-state index in [1.165, 1.54) is 7.11 Å². The summed E-state index contributed by atoms with van der Waals surface area (Å²) >= 11 is 0. The third kappa shape index (κ3) is 3.37. The fourth-order valence-electron chi connectivity index (χ4n) is 3.29. The third-order valence-electron chi connectivity index (χ3n) is 4.49. The van der Waals surface area contributed by atoms with Crippen molar-refractivity contribution in [1.82, 2.24) is 9.55 Å². The Hall–Kier alpha value is -2.60. The number of benzene rings is 1. The van der Waals surface area contributed by atoms with E-state index in [1.54, 1.807) is 17.8 Å². The van der Waals surface area contributed by atoms with Crippen molar-refractivity contribution >= 4 is 21.7 Å². The van der Waals surface area contributed by atoms with E-state index >= 15 is 0 Å². The molecule has 0 fully saturated rings. The van der Waals surface area contributed by atoms with Gasteiger partial charge in [0.15, 0.2) is 0 Å². The molecule has 0 aliphatic heterocycles. The highest BCUT2D eigenvalue weighted by molar-refractivity contribution is 6.07. The number of fused-ring (bicyclic) bond motifs is 3. The molecule has 3 aromatic rings. The van der Waals surface area contributed by atoms with Gasteiger partial charge in [-0.3, -0.25) is 4.79 Å². The van der Waals surface area contributed by atoms with Crippen molar-refractivity contribution in [3.8, 4) is 11.6 Å². The number of aromatic nitrogens is 2. The molecular formula is C20H25N3O3. The standard InChI is InChI=1S/C20H25N3O3/c1-12(2)9-13(21)11-26-14-5-6-15-16-7-8-22-19(25-4)18(16)20(24)23(3)17(15)10-14/h5-8,10,12-13H,9,11,21H2,1-4H3/t13-/m0/s1. The molecule has 6 nitrogen and oxygen atoms in total. The summed E-state index contributed by atoms with van der Waals surface area (Å²) in [7, 11) is 3.26. The number of ether oxygens (including phenoxy) is 2. The van der Waals surface area contributed by atoms with Gasteiger partial charge in [0.1, 0.15) is 17.7 Å². The third-order valence-corrected chi connectivity index (χ3v) is 4.49. The molecule has 6 heteroatoms. The van der Waals surface area contributed by atoms with Crippen molar-refractivity contribution in [2.45, 2.75) is 26.3 Å². The predicted molar refractivity (Wildman–Crippen MR) is 104 cm³/mol. The molecule has 2 N–H and O–H groups in total. The van der Waals surface area contributed by atoms with Crippen LogP contribution in [0.2, 0.25) is 0 Å². The lowest BCUT2D eigenvalue weighted by molar-refractivity contribution is 0.271. The molecule has 1 aromatic carbocycles. The summed E-state index contributed by atoms with van der Waals surface area (Å²) in [5.74, 6) is 1.57. The van der Waals surface area contributed by atoms with Crippen LogP contribution in [0.25, 0.3) is 21.7 Å². The summed E-state index contributed by atoms with van der Waals surface area (Å²) in [6.07, 6.45) is 2.55. The molecule has 0 radical (unpaired) electrons. The first-order chi connectivity index (χ1) is 12.4. The minimum absolute atomic E-state index is 0.0125. The van der Waals surface area contributed by atoms with E-state index in [0.29, 0.717) is 29.5 Å². The van der Waals surface area contributed by atoms with Crippen LogP contribution in [-0.4, -0.2) is 29.3 Å². The van der Waals surface area contributed by atoms with Gasteiger partial charge in [-0.2, -0.15) is 0 Å². The van der Waals surface area contributed by atoms with Crippen molar-refractivity contribution in [1.29, 1.82) is 0 Å². The summed E-state index contributed by atoms with van der Waals surface area (Å²) in [6.45, 7) is 4.72. The fourth-order valence-corrected chi connectivity index (χ4v) is 3.29. The molecular weight excluding hydrogens is 330 g/mol. The second-order valence-electron chi connectivity index (χ2n) is 6.99. The Bertz CT molecular complexity index is 995. The van der Waals surface area contributed by atoms with Crippen LogP contribution in [0.3, 0.4) is 0 Å². The van der Waals surface area contributed by atoms with E-state index in [1.807, 2.05) is 24.3 Å². The molecule has 0 bridgehead atoms. The lowest BCUT2D eigenvalue weighted by Crippen LogP contribution is -2.29. The highest BCUT2D eigenvalue weighted by atomic mass is 16.5. The maximum Gasteiger partial charge on any atom is 0.264 e. The number of nitrogens with two attached hydrogens (primary N) is 1. The Labute approximate surface area is 152 Å². The number of pyridine rings is 2.